The fraction of sp³-hybridized carbons (Fsp3) is 0.435. The van der Waals surface area contributed by atoms with Crippen LogP contribution in [0.5, 0.6) is 5.75 Å². The van der Waals surface area contributed by atoms with Crippen molar-refractivity contribution in [2.45, 2.75) is 43.4 Å². The van der Waals surface area contributed by atoms with Crippen LogP contribution >= 0.6 is 0 Å². The smallest absolute Gasteiger partial charge is 0.240 e. The first-order valence-electron chi connectivity index (χ1n) is 10.4. The Labute approximate surface area is 184 Å². The fourth-order valence-electron chi connectivity index (χ4n) is 3.86. The summed E-state index contributed by atoms with van der Waals surface area (Å²) in [4.78, 5) is 11.8. The average Bonchev–Trinajstić information content (AvgIpc) is 2.78. The number of ether oxygens (including phenoxy) is 2. The summed E-state index contributed by atoms with van der Waals surface area (Å²) in [5, 5.41) is 2.75. The standard InChI is InChI=1S/C23H30N2O5S/c1-4-22(26)25-19-7-10-21(17(2)15-19)31(27,28)24-16-23(11-13-30-14-12-23)18-5-8-20(29-3)9-6-18/h5-10,15,24H,4,11-14,16H2,1-3H3,(H,25,26). The summed E-state index contributed by atoms with van der Waals surface area (Å²) in [7, 11) is -2.11. The third-order valence-corrected chi connectivity index (χ3v) is 7.38. The van der Waals surface area contributed by atoms with Crippen molar-refractivity contribution in [1.82, 2.24) is 4.72 Å². The highest BCUT2D eigenvalue weighted by Gasteiger charge is 2.36. The zero-order chi connectivity index (χ0) is 22.5. The van der Waals surface area contributed by atoms with Crippen LogP contribution in [-0.4, -0.2) is 41.2 Å². The highest BCUT2D eigenvalue weighted by Crippen LogP contribution is 2.35. The van der Waals surface area contributed by atoms with Crippen molar-refractivity contribution < 1.29 is 22.7 Å². The number of carbonyl (C=O) groups excluding carboxylic acids is 1. The van der Waals surface area contributed by atoms with E-state index in [0.29, 0.717) is 30.9 Å². The minimum atomic E-state index is -3.73. The van der Waals surface area contributed by atoms with Crippen molar-refractivity contribution in [3.05, 3.63) is 53.6 Å². The molecule has 0 bridgehead atoms. The summed E-state index contributed by atoms with van der Waals surface area (Å²) >= 11 is 0. The van der Waals surface area contributed by atoms with Gasteiger partial charge in [0.25, 0.3) is 0 Å². The topological polar surface area (TPSA) is 93.7 Å². The van der Waals surface area contributed by atoms with Crippen molar-refractivity contribution in [2.75, 3.05) is 32.2 Å². The van der Waals surface area contributed by atoms with Crippen molar-refractivity contribution in [1.29, 1.82) is 0 Å². The largest absolute Gasteiger partial charge is 0.497 e. The van der Waals surface area contributed by atoms with Gasteiger partial charge >= 0.3 is 0 Å². The van der Waals surface area contributed by atoms with Crippen LogP contribution in [0.3, 0.4) is 0 Å². The van der Waals surface area contributed by atoms with E-state index in [-0.39, 0.29) is 22.8 Å². The Hall–Kier alpha value is -2.42. The third-order valence-electron chi connectivity index (χ3n) is 5.82. The van der Waals surface area contributed by atoms with Crippen LogP contribution in [0.15, 0.2) is 47.4 Å². The summed E-state index contributed by atoms with van der Waals surface area (Å²) in [5.74, 6) is 0.645. The molecular formula is C23H30N2O5S. The number of nitrogens with one attached hydrogen (secondary N) is 2. The van der Waals surface area contributed by atoms with Crippen LogP contribution in [0.25, 0.3) is 0 Å². The summed E-state index contributed by atoms with van der Waals surface area (Å²) in [6.45, 7) is 4.93. The van der Waals surface area contributed by atoms with Gasteiger partial charge in [0, 0.05) is 37.3 Å². The molecule has 31 heavy (non-hydrogen) atoms. The Morgan fingerprint density at radius 1 is 1.13 bits per heavy atom. The second kappa shape index (κ2) is 9.80. The van der Waals surface area contributed by atoms with E-state index < -0.39 is 10.0 Å². The Bertz CT molecular complexity index is 1010. The Kier molecular flexibility index (Phi) is 7.35. The first-order chi connectivity index (χ1) is 14.8. The maximum absolute atomic E-state index is 13.1. The van der Waals surface area contributed by atoms with Gasteiger partial charge in [-0.25, -0.2) is 13.1 Å². The van der Waals surface area contributed by atoms with Gasteiger partial charge in [-0.15, -0.1) is 0 Å². The third kappa shape index (κ3) is 5.44. The number of benzene rings is 2. The van der Waals surface area contributed by atoms with Crippen LogP contribution < -0.4 is 14.8 Å². The number of hydrogen-bond donors (Lipinski definition) is 2. The van der Waals surface area contributed by atoms with Gasteiger partial charge in [0.05, 0.1) is 12.0 Å². The van der Waals surface area contributed by atoms with Gasteiger partial charge in [0.1, 0.15) is 5.75 Å². The molecule has 2 aromatic rings. The molecule has 0 aromatic heterocycles. The van der Waals surface area contributed by atoms with E-state index >= 15 is 0 Å². The van der Waals surface area contributed by atoms with E-state index in [1.807, 2.05) is 24.3 Å². The van der Waals surface area contributed by atoms with E-state index in [0.717, 1.165) is 24.2 Å². The summed E-state index contributed by atoms with van der Waals surface area (Å²) in [6, 6.07) is 12.6. The molecule has 0 spiro atoms. The second-order valence-corrected chi connectivity index (χ2v) is 9.56. The molecule has 1 heterocycles. The molecule has 1 amide bonds. The minimum Gasteiger partial charge on any atom is -0.497 e. The lowest BCUT2D eigenvalue weighted by Gasteiger charge is -2.38. The maximum Gasteiger partial charge on any atom is 0.240 e. The Morgan fingerprint density at radius 2 is 1.81 bits per heavy atom. The number of hydrogen-bond acceptors (Lipinski definition) is 5. The molecule has 1 fully saturated rings. The van der Waals surface area contributed by atoms with Gasteiger partial charge in [0.15, 0.2) is 0 Å². The Morgan fingerprint density at radius 3 is 2.39 bits per heavy atom. The molecule has 0 unspecified atom stereocenters. The van der Waals surface area contributed by atoms with Crippen LogP contribution in [0.4, 0.5) is 5.69 Å². The number of rotatable bonds is 8. The number of methoxy groups -OCH3 is 1. The maximum atomic E-state index is 13.1. The first kappa shape index (κ1) is 23.2. The lowest BCUT2D eigenvalue weighted by atomic mass is 9.74. The molecule has 3 rings (SSSR count). The van der Waals surface area contributed by atoms with Crippen molar-refractivity contribution in [3.8, 4) is 5.75 Å². The zero-order valence-electron chi connectivity index (χ0n) is 18.2. The Balaban J connectivity index is 1.81. The van der Waals surface area contributed by atoms with Gasteiger partial charge in [-0.1, -0.05) is 19.1 Å². The molecule has 2 aromatic carbocycles. The highest BCUT2D eigenvalue weighted by atomic mass is 32.2. The predicted molar refractivity (Wildman–Crippen MR) is 120 cm³/mol. The number of amides is 1. The van der Waals surface area contributed by atoms with Gasteiger partial charge in [0.2, 0.25) is 15.9 Å². The molecule has 1 aliphatic heterocycles. The molecule has 0 atom stereocenters. The van der Waals surface area contributed by atoms with Gasteiger partial charge in [-0.05, 0) is 61.2 Å². The van der Waals surface area contributed by atoms with Crippen LogP contribution in [0.1, 0.15) is 37.3 Å². The molecule has 168 valence electrons. The molecule has 0 aliphatic carbocycles. The molecule has 7 nitrogen and oxygen atoms in total. The molecule has 0 saturated carbocycles. The van der Waals surface area contributed by atoms with Gasteiger partial charge in [-0.2, -0.15) is 0 Å². The van der Waals surface area contributed by atoms with Crippen molar-refractivity contribution >= 4 is 21.6 Å². The second-order valence-electron chi connectivity index (χ2n) is 7.83. The molecule has 1 aliphatic rings. The molecule has 2 N–H and O–H groups in total. The quantitative estimate of drug-likeness (QED) is 0.648. The van der Waals surface area contributed by atoms with E-state index in [9.17, 15) is 13.2 Å². The lowest BCUT2D eigenvalue weighted by molar-refractivity contribution is -0.115. The SMILES string of the molecule is CCC(=O)Nc1ccc(S(=O)(=O)NCC2(c3ccc(OC)cc3)CCOCC2)c(C)c1. The summed E-state index contributed by atoms with van der Waals surface area (Å²) < 4.78 is 39.8. The minimum absolute atomic E-state index is 0.117. The number of anilines is 1. The summed E-state index contributed by atoms with van der Waals surface area (Å²) in [6.07, 6.45) is 1.81. The van der Waals surface area contributed by atoms with Gasteiger partial charge in [-0.3, -0.25) is 4.79 Å². The van der Waals surface area contributed by atoms with E-state index in [2.05, 4.69) is 10.0 Å². The van der Waals surface area contributed by atoms with Crippen molar-refractivity contribution in [3.63, 3.8) is 0 Å². The van der Waals surface area contributed by atoms with Crippen LogP contribution in [0.2, 0.25) is 0 Å². The van der Waals surface area contributed by atoms with E-state index in [1.165, 1.54) is 6.07 Å². The number of sulfonamides is 1. The summed E-state index contributed by atoms with van der Waals surface area (Å²) in [5.41, 5.74) is 1.88. The van der Waals surface area contributed by atoms with Crippen molar-refractivity contribution in [2.24, 2.45) is 0 Å². The molecular weight excluding hydrogens is 416 g/mol. The predicted octanol–water partition coefficient (Wildman–Crippen LogP) is 3.38. The lowest BCUT2D eigenvalue weighted by Crippen LogP contribution is -2.44. The zero-order valence-corrected chi connectivity index (χ0v) is 19.1. The number of carbonyl (C=O) groups is 1. The highest BCUT2D eigenvalue weighted by molar-refractivity contribution is 7.89. The molecule has 1 saturated heterocycles. The van der Waals surface area contributed by atoms with E-state index in [4.69, 9.17) is 9.47 Å². The molecule has 8 heteroatoms. The molecule has 0 radical (unpaired) electrons. The average molecular weight is 447 g/mol. The fourth-order valence-corrected chi connectivity index (χ4v) is 5.21. The van der Waals surface area contributed by atoms with E-state index in [1.54, 1.807) is 33.1 Å². The van der Waals surface area contributed by atoms with Crippen LogP contribution in [-0.2, 0) is 25.0 Å². The number of aryl methyl sites for hydroxylation is 1. The van der Waals surface area contributed by atoms with Gasteiger partial charge < -0.3 is 14.8 Å². The monoisotopic (exact) mass is 446 g/mol. The van der Waals surface area contributed by atoms with Crippen LogP contribution in [0, 0.1) is 6.92 Å². The normalized spacial score (nSPS) is 16.0. The first-order valence-corrected chi connectivity index (χ1v) is 11.9.